The zero-order chi connectivity index (χ0) is 22.5. The summed E-state index contributed by atoms with van der Waals surface area (Å²) in [6, 6.07) is 4.61. The molecule has 0 unspecified atom stereocenters. The van der Waals surface area contributed by atoms with Crippen molar-refractivity contribution in [3.05, 3.63) is 53.5 Å². The number of benzene rings is 1. The molecule has 164 valence electrons. The molecule has 2 heterocycles. The van der Waals surface area contributed by atoms with Crippen molar-refractivity contribution in [3.63, 3.8) is 0 Å². The van der Waals surface area contributed by atoms with Crippen molar-refractivity contribution < 1.29 is 40.1 Å². The lowest BCUT2D eigenvalue weighted by atomic mass is 10.1. The van der Waals surface area contributed by atoms with E-state index in [-0.39, 0.29) is 11.0 Å². The molecule has 0 aliphatic carbocycles. The Hall–Kier alpha value is -2.77. The van der Waals surface area contributed by atoms with Gasteiger partial charge in [0.15, 0.2) is 0 Å². The van der Waals surface area contributed by atoms with Crippen molar-refractivity contribution in [2.24, 2.45) is 5.73 Å². The summed E-state index contributed by atoms with van der Waals surface area (Å²) >= 11 is 0. The van der Waals surface area contributed by atoms with Crippen LogP contribution >= 0.6 is 0 Å². The number of amides is 1. The first-order valence-corrected chi connectivity index (χ1v) is 9.76. The molecule has 2 aromatic rings. The Balaban J connectivity index is 0.000000216. The Morgan fingerprint density at radius 2 is 1.80 bits per heavy atom. The van der Waals surface area contributed by atoms with Gasteiger partial charge in [0.25, 0.3) is 10.1 Å². The summed E-state index contributed by atoms with van der Waals surface area (Å²) in [7, 11) is -4.16. The number of hydrogen-bond donors (Lipinski definition) is 2. The second-order valence-corrected chi connectivity index (χ2v) is 7.40. The molecule has 0 bridgehead atoms. The SMILES string of the molecule is NC(=O)c1ccc(F)cc1C(F)(F)F.O=S(=O)(O)c1ccc(N2CCOCC2)nc1. The molecular weight excluding hydrogens is 434 g/mol. The van der Waals surface area contributed by atoms with Crippen molar-refractivity contribution >= 4 is 21.8 Å². The van der Waals surface area contributed by atoms with Crippen molar-refractivity contribution in [1.29, 1.82) is 0 Å². The highest BCUT2D eigenvalue weighted by molar-refractivity contribution is 7.85. The van der Waals surface area contributed by atoms with Crippen LogP contribution in [0.3, 0.4) is 0 Å². The van der Waals surface area contributed by atoms with E-state index in [1.165, 1.54) is 6.07 Å². The third-order valence-corrected chi connectivity index (χ3v) is 4.74. The summed E-state index contributed by atoms with van der Waals surface area (Å²) in [6.45, 7) is 2.75. The minimum Gasteiger partial charge on any atom is -0.378 e. The summed E-state index contributed by atoms with van der Waals surface area (Å²) in [6.07, 6.45) is -3.63. The highest BCUT2D eigenvalue weighted by Crippen LogP contribution is 2.32. The number of hydrogen-bond acceptors (Lipinski definition) is 6. The fourth-order valence-corrected chi connectivity index (χ4v) is 2.90. The van der Waals surface area contributed by atoms with Gasteiger partial charge in [0.1, 0.15) is 16.5 Å². The fourth-order valence-electron chi connectivity index (χ4n) is 2.47. The van der Waals surface area contributed by atoms with Crippen LogP contribution in [0.25, 0.3) is 0 Å². The van der Waals surface area contributed by atoms with Gasteiger partial charge < -0.3 is 15.4 Å². The van der Waals surface area contributed by atoms with Crippen LogP contribution in [-0.2, 0) is 21.0 Å². The number of pyridine rings is 1. The number of aromatic nitrogens is 1. The number of carbonyl (C=O) groups is 1. The first-order valence-electron chi connectivity index (χ1n) is 8.32. The van der Waals surface area contributed by atoms with E-state index in [1.54, 1.807) is 6.07 Å². The highest BCUT2D eigenvalue weighted by Gasteiger charge is 2.35. The van der Waals surface area contributed by atoms with Crippen molar-refractivity contribution in [3.8, 4) is 0 Å². The molecular formula is C17H17F4N3O5S. The smallest absolute Gasteiger partial charge is 0.378 e. The molecule has 0 spiro atoms. The van der Waals surface area contributed by atoms with Crippen molar-refractivity contribution in [2.75, 3.05) is 31.2 Å². The summed E-state index contributed by atoms with van der Waals surface area (Å²) in [5.41, 5.74) is 2.61. The molecule has 0 saturated carbocycles. The molecule has 8 nitrogen and oxygen atoms in total. The van der Waals surface area contributed by atoms with Crippen LogP contribution in [0.15, 0.2) is 41.4 Å². The molecule has 13 heteroatoms. The molecule has 1 saturated heterocycles. The van der Waals surface area contributed by atoms with Crippen LogP contribution in [0.5, 0.6) is 0 Å². The van der Waals surface area contributed by atoms with Gasteiger partial charge in [0.05, 0.1) is 30.5 Å². The molecule has 30 heavy (non-hydrogen) atoms. The topological polar surface area (TPSA) is 123 Å². The summed E-state index contributed by atoms with van der Waals surface area (Å²) in [4.78, 5) is 16.4. The van der Waals surface area contributed by atoms with Gasteiger partial charge in [-0.1, -0.05) is 0 Å². The third-order valence-electron chi connectivity index (χ3n) is 3.91. The van der Waals surface area contributed by atoms with Gasteiger partial charge in [-0.2, -0.15) is 21.6 Å². The van der Waals surface area contributed by atoms with E-state index in [9.17, 15) is 30.8 Å². The highest BCUT2D eigenvalue weighted by atomic mass is 32.2. The van der Waals surface area contributed by atoms with E-state index < -0.39 is 39.1 Å². The van der Waals surface area contributed by atoms with Crippen LogP contribution in [-0.4, -0.2) is 50.2 Å². The number of ether oxygens (including phenoxy) is 1. The monoisotopic (exact) mass is 451 g/mol. The molecule has 3 N–H and O–H groups in total. The maximum absolute atomic E-state index is 12.5. The number of nitrogens with two attached hydrogens (primary N) is 1. The molecule has 1 aliphatic rings. The summed E-state index contributed by atoms with van der Waals surface area (Å²) in [5.74, 6) is -1.62. The van der Waals surface area contributed by atoms with Crippen molar-refractivity contribution in [2.45, 2.75) is 11.1 Å². The third kappa shape index (κ3) is 6.37. The predicted octanol–water partition coefficient (Wildman–Crippen LogP) is 2.11. The van der Waals surface area contributed by atoms with Crippen LogP contribution in [0.4, 0.5) is 23.4 Å². The first-order chi connectivity index (χ1) is 13.9. The largest absolute Gasteiger partial charge is 0.417 e. The number of alkyl halides is 3. The maximum Gasteiger partial charge on any atom is 0.417 e. The van der Waals surface area contributed by atoms with Crippen LogP contribution in [0.1, 0.15) is 15.9 Å². The molecule has 0 radical (unpaired) electrons. The van der Waals surface area contributed by atoms with Gasteiger partial charge in [-0.15, -0.1) is 0 Å². The van der Waals surface area contributed by atoms with Gasteiger partial charge in [0, 0.05) is 13.1 Å². The van der Waals surface area contributed by atoms with Crippen molar-refractivity contribution in [1.82, 2.24) is 4.98 Å². The molecule has 0 atom stereocenters. The van der Waals surface area contributed by atoms with Crippen LogP contribution in [0.2, 0.25) is 0 Å². The lowest BCUT2D eigenvalue weighted by Crippen LogP contribution is -2.36. The molecule has 1 amide bonds. The molecule has 3 rings (SSSR count). The first kappa shape index (κ1) is 23.5. The van der Waals surface area contributed by atoms with E-state index >= 15 is 0 Å². The number of carbonyl (C=O) groups excluding carboxylic acids is 1. The summed E-state index contributed by atoms with van der Waals surface area (Å²) in [5, 5.41) is 0. The second kappa shape index (κ2) is 9.36. The number of primary amides is 1. The van der Waals surface area contributed by atoms with Gasteiger partial charge in [0.2, 0.25) is 5.91 Å². The fraction of sp³-hybridized carbons (Fsp3) is 0.294. The van der Waals surface area contributed by atoms with E-state index in [4.69, 9.17) is 15.0 Å². The van der Waals surface area contributed by atoms with Gasteiger partial charge >= 0.3 is 6.18 Å². The van der Waals surface area contributed by atoms with E-state index in [1.807, 2.05) is 4.90 Å². The van der Waals surface area contributed by atoms with E-state index in [0.717, 1.165) is 25.4 Å². The summed E-state index contributed by atoms with van der Waals surface area (Å²) < 4.78 is 84.7. The number of halogens is 4. The Morgan fingerprint density at radius 3 is 2.27 bits per heavy atom. The standard InChI is InChI=1S/C9H12N2O4S.C8H5F4NO/c12-16(13,14)8-1-2-9(10-7-8)11-3-5-15-6-4-11;9-4-1-2-5(7(13)14)6(3-4)8(10,11)12/h1-2,7H,3-6H2,(H,12,13,14);1-3H,(H2,13,14). The average molecular weight is 451 g/mol. The van der Waals surface area contributed by atoms with Crippen LogP contribution in [0, 0.1) is 5.82 Å². The second-order valence-electron chi connectivity index (χ2n) is 5.98. The number of rotatable bonds is 3. The molecule has 1 aromatic carbocycles. The van der Waals surface area contributed by atoms with E-state index in [2.05, 4.69) is 4.98 Å². The minimum atomic E-state index is -4.79. The van der Waals surface area contributed by atoms with Gasteiger partial charge in [-0.3, -0.25) is 9.35 Å². The average Bonchev–Trinajstić information content (AvgIpc) is 2.68. The molecule has 1 fully saturated rings. The quantitative estimate of drug-likeness (QED) is 0.541. The normalized spacial score (nSPS) is 14.6. The molecule has 1 aromatic heterocycles. The Morgan fingerprint density at radius 1 is 1.17 bits per heavy atom. The Kier molecular flexibility index (Phi) is 7.34. The molecule has 1 aliphatic heterocycles. The lowest BCUT2D eigenvalue weighted by Gasteiger charge is -2.27. The number of morpholine rings is 1. The van der Waals surface area contributed by atoms with Gasteiger partial charge in [-0.25, -0.2) is 9.37 Å². The Labute approximate surface area is 169 Å². The number of anilines is 1. The Bertz CT molecular complexity index is 991. The van der Waals surface area contributed by atoms with Crippen LogP contribution < -0.4 is 10.6 Å². The van der Waals surface area contributed by atoms with Gasteiger partial charge in [-0.05, 0) is 30.3 Å². The number of nitrogens with zero attached hydrogens (tertiary/aromatic N) is 2. The lowest BCUT2D eigenvalue weighted by molar-refractivity contribution is -0.138. The maximum atomic E-state index is 12.5. The zero-order valence-electron chi connectivity index (χ0n) is 15.3. The minimum absolute atomic E-state index is 0.190. The van der Waals surface area contributed by atoms with E-state index in [0.29, 0.717) is 25.1 Å². The predicted molar refractivity (Wildman–Crippen MR) is 97.0 cm³/mol. The zero-order valence-corrected chi connectivity index (χ0v) is 16.1.